The second kappa shape index (κ2) is 11.6. The summed E-state index contributed by atoms with van der Waals surface area (Å²) in [7, 11) is 0. The number of amides is 2. The number of hydrogen-bond donors (Lipinski definition) is 3. The summed E-state index contributed by atoms with van der Waals surface area (Å²) in [5.41, 5.74) is 3.27. The van der Waals surface area contributed by atoms with Gasteiger partial charge in [-0.15, -0.1) is 11.3 Å². The summed E-state index contributed by atoms with van der Waals surface area (Å²) in [5.74, 6) is -0.764. The molecule has 3 aromatic rings. The normalized spacial score (nSPS) is 15.3. The monoisotopic (exact) mass is 500 g/mol. The number of nitrogens with one attached hydrogen (secondary N) is 3. The largest absolute Gasteiger partial charge is 0.353 e. The summed E-state index contributed by atoms with van der Waals surface area (Å²) in [5, 5.41) is 21.7. The van der Waals surface area contributed by atoms with Gasteiger partial charge in [0.15, 0.2) is 0 Å². The van der Waals surface area contributed by atoms with Crippen molar-refractivity contribution >= 4 is 40.6 Å². The lowest BCUT2D eigenvalue weighted by Crippen LogP contribution is -2.31. The number of thiophene rings is 1. The van der Waals surface area contributed by atoms with Gasteiger partial charge < -0.3 is 16.0 Å². The molecule has 176 valence electrons. The summed E-state index contributed by atoms with van der Waals surface area (Å²) in [6.45, 7) is 2.27. The van der Waals surface area contributed by atoms with Crippen molar-refractivity contribution in [1.82, 2.24) is 10.6 Å². The second-order valence-electron chi connectivity index (χ2n) is 7.84. The van der Waals surface area contributed by atoms with Crippen molar-refractivity contribution in [1.29, 1.82) is 5.26 Å². The van der Waals surface area contributed by atoms with Crippen LogP contribution in [0, 0.1) is 11.3 Å². The van der Waals surface area contributed by atoms with Crippen molar-refractivity contribution in [2.24, 2.45) is 0 Å². The molecule has 1 aromatic heterocycles. The van der Waals surface area contributed by atoms with Crippen molar-refractivity contribution in [2.45, 2.75) is 19.4 Å². The Morgan fingerprint density at radius 2 is 1.77 bits per heavy atom. The van der Waals surface area contributed by atoms with E-state index in [1.165, 1.54) is 23.1 Å². The fourth-order valence-corrected chi connectivity index (χ4v) is 5.54. The summed E-state index contributed by atoms with van der Waals surface area (Å²) in [6.07, 6.45) is 0. The molecule has 2 amide bonds. The smallest absolute Gasteiger partial charge is 0.254 e. The van der Waals surface area contributed by atoms with Crippen LogP contribution in [-0.2, 0) is 16.1 Å². The number of thioether (sulfide) groups is 1. The zero-order chi connectivity index (χ0) is 24.6. The van der Waals surface area contributed by atoms with E-state index in [1.54, 1.807) is 0 Å². The summed E-state index contributed by atoms with van der Waals surface area (Å²) < 4.78 is 0. The lowest BCUT2D eigenvalue weighted by molar-refractivity contribution is -0.118. The Morgan fingerprint density at radius 3 is 2.43 bits per heavy atom. The number of carbonyl (C=O) groups is 2. The predicted molar refractivity (Wildman–Crippen MR) is 141 cm³/mol. The van der Waals surface area contributed by atoms with E-state index in [9.17, 15) is 14.9 Å². The molecule has 0 saturated heterocycles. The molecule has 4 rings (SSSR count). The molecule has 1 atom stereocenters. The molecule has 1 aliphatic rings. The average molecular weight is 501 g/mol. The highest BCUT2D eigenvalue weighted by molar-refractivity contribution is 8.03. The van der Waals surface area contributed by atoms with Crippen LogP contribution in [0.4, 0.5) is 5.69 Å². The molecule has 0 bridgehead atoms. The Bertz CT molecular complexity index is 1290. The first kappa shape index (κ1) is 24.3. The maximum absolute atomic E-state index is 13.3. The zero-order valence-corrected chi connectivity index (χ0v) is 20.7. The molecule has 2 aromatic carbocycles. The lowest BCUT2D eigenvalue weighted by Gasteiger charge is -2.29. The van der Waals surface area contributed by atoms with Gasteiger partial charge in [0.25, 0.3) is 5.91 Å². The maximum Gasteiger partial charge on any atom is 0.254 e. The van der Waals surface area contributed by atoms with Crippen LogP contribution in [0.1, 0.15) is 23.3 Å². The van der Waals surface area contributed by atoms with Crippen LogP contribution in [0.2, 0.25) is 0 Å². The molecule has 8 heteroatoms. The van der Waals surface area contributed by atoms with E-state index in [1.807, 2.05) is 85.1 Å². The number of hydrogen-bond acceptors (Lipinski definition) is 6. The quantitative estimate of drug-likeness (QED) is 0.399. The lowest BCUT2D eigenvalue weighted by atomic mass is 9.86. The van der Waals surface area contributed by atoms with Gasteiger partial charge in [-0.25, -0.2) is 0 Å². The van der Waals surface area contributed by atoms with E-state index in [4.69, 9.17) is 0 Å². The van der Waals surface area contributed by atoms with E-state index in [-0.39, 0.29) is 17.6 Å². The summed E-state index contributed by atoms with van der Waals surface area (Å²) in [6, 6.07) is 25.1. The Kier molecular flexibility index (Phi) is 8.03. The number of nitriles is 1. The second-order valence-corrected chi connectivity index (χ2v) is 9.80. The third kappa shape index (κ3) is 6.01. The van der Waals surface area contributed by atoms with Gasteiger partial charge in [0.05, 0.1) is 28.3 Å². The van der Waals surface area contributed by atoms with Crippen molar-refractivity contribution in [3.05, 3.63) is 110 Å². The summed E-state index contributed by atoms with van der Waals surface area (Å²) in [4.78, 5) is 26.7. The molecular weight excluding hydrogens is 476 g/mol. The van der Waals surface area contributed by atoms with Crippen LogP contribution in [-0.4, -0.2) is 17.6 Å². The molecule has 0 saturated carbocycles. The molecule has 0 radical (unpaired) electrons. The topological polar surface area (TPSA) is 94.0 Å². The van der Waals surface area contributed by atoms with E-state index in [0.717, 1.165) is 10.4 Å². The van der Waals surface area contributed by atoms with Crippen molar-refractivity contribution in [3.8, 4) is 6.07 Å². The fraction of sp³-hybridized carbons (Fsp3) is 0.148. The Hall–Kier alpha value is -3.80. The van der Waals surface area contributed by atoms with Crippen molar-refractivity contribution in [2.75, 3.05) is 11.1 Å². The molecule has 1 unspecified atom stereocenters. The number of carbonyl (C=O) groups excluding carboxylic acids is 2. The van der Waals surface area contributed by atoms with E-state index < -0.39 is 5.92 Å². The van der Waals surface area contributed by atoms with Crippen LogP contribution < -0.4 is 16.0 Å². The first-order chi connectivity index (χ1) is 17.1. The zero-order valence-electron chi connectivity index (χ0n) is 19.1. The van der Waals surface area contributed by atoms with Gasteiger partial charge in [-0.1, -0.05) is 66.4 Å². The van der Waals surface area contributed by atoms with Gasteiger partial charge in [0.1, 0.15) is 0 Å². The van der Waals surface area contributed by atoms with Crippen LogP contribution in [0.5, 0.6) is 0 Å². The van der Waals surface area contributed by atoms with Gasteiger partial charge in [-0.3, -0.25) is 9.59 Å². The highest BCUT2D eigenvalue weighted by atomic mass is 32.2. The minimum atomic E-state index is -0.514. The molecule has 3 N–H and O–H groups in total. The molecule has 0 fully saturated rings. The first-order valence-corrected chi connectivity index (χ1v) is 12.9. The standard InChI is InChI=1S/C27H24N4O2S2/c1-18-24(26(33)31-20-11-6-3-7-12-20)25(22-13-8-14-34-22)21(15-28)27(30-18)35-17-23(32)29-16-19-9-4-2-5-10-19/h2-14,25,30H,16-17H2,1H3,(H,29,32)(H,31,33). The number of dihydropyridines is 1. The van der Waals surface area contributed by atoms with Crippen molar-refractivity contribution in [3.63, 3.8) is 0 Å². The summed E-state index contributed by atoms with van der Waals surface area (Å²) >= 11 is 2.76. The molecule has 0 spiro atoms. The Balaban J connectivity index is 1.53. The van der Waals surface area contributed by atoms with Crippen molar-refractivity contribution < 1.29 is 9.59 Å². The number of anilines is 1. The fourth-order valence-electron chi connectivity index (χ4n) is 3.77. The highest BCUT2D eigenvalue weighted by Crippen LogP contribution is 2.42. The van der Waals surface area contributed by atoms with Gasteiger partial charge in [0, 0.05) is 28.4 Å². The van der Waals surface area contributed by atoms with E-state index >= 15 is 0 Å². The number of benzene rings is 2. The number of allylic oxidation sites excluding steroid dienone is 2. The maximum atomic E-state index is 13.3. The Labute approximate surface area is 212 Å². The third-order valence-electron chi connectivity index (χ3n) is 5.43. The van der Waals surface area contributed by atoms with Crippen LogP contribution in [0.25, 0.3) is 0 Å². The van der Waals surface area contributed by atoms with Gasteiger partial charge >= 0.3 is 0 Å². The van der Waals surface area contributed by atoms with Crippen LogP contribution in [0.15, 0.2) is 100 Å². The van der Waals surface area contributed by atoms with E-state index in [2.05, 4.69) is 22.0 Å². The molecule has 1 aliphatic heterocycles. The SMILES string of the molecule is CC1=C(C(=O)Nc2ccccc2)C(c2cccs2)C(C#N)=C(SCC(=O)NCc2ccccc2)N1. The van der Waals surface area contributed by atoms with E-state index in [0.29, 0.717) is 34.1 Å². The average Bonchev–Trinajstić information content (AvgIpc) is 3.41. The third-order valence-corrected chi connectivity index (χ3v) is 7.39. The molecule has 0 aliphatic carbocycles. The molecular formula is C27H24N4O2S2. The molecule has 2 heterocycles. The van der Waals surface area contributed by atoms with Crippen LogP contribution >= 0.6 is 23.1 Å². The molecule has 6 nitrogen and oxygen atoms in total. The number of rotatable bonds is 8. The number of para-hydroxylation sites is 1. The van der Waals surface area contributed by atoms with Gasteiger partial charge in [-0.05, 0) is 36.1 Å². The molecule has 35 heavy (non-hydrogen) atoms. The first-order valence-electron chi connectivity index (χ1n) is 11.0. The number of nitrogens with zero attached hydrogens (tertiary/aromatic N) is 1. The highest BCUT2D eigenvalue weighted by Gasteiger charge is 2.35. The predicted octanol–water partition coefficient (Wildman–Crippen LogP) is 5.13. The van der Waals surface area contributed by atoms with Gasteiger partial charge in [0.2, 0.25) is 5.91 Å². The van der Waals surface area contributed by atoms with Gasteiger partial charge in [-0.2, -0.15) is 5.26 Å². The minimum absolute atomic E-state index is 0.132. The Morgan fingerprint density at radius 1 is 1.06 bits per heavy atom. The minimum Gasteiger partial charge on any atom is -0.353 e. The van der Waals surface area contributed by atoms with Crippen LogP contribution in [0.3, 0.4) is 0 Å².